The minimum absolute atomic E-state index is 0.107. The Morgan fingerprint density at radius 3 is 2.65 bits per heavy atom. The molecule has 4 aromatic heterocycles. The summed E-state index contributed by atoms with van der Waals surface area (Å²) in [5.41, 5.74) is 3.07. The molecule has 0 aliphatic carbocycles. The van der Waals surface area contributed by atoms with Crippen molar-refractivity contribution in [2.75, 3.05) is 33.9 Å². The maximum Gasteiger partial charge on any atom is 0.449 e. The highest BCUT2D eigenvalue weighted by molar-refractivity contribution is 5.85. The van der Waals surface area contributed by atoms with E-state index in [1.807, 2.05) is 30.3 Å². The predicted octanol–water partition coefficient (Wildman–Crippen LogP) is 5.47. The molecule has 0 spiro atoms. The summed E-state index contributed by atoms with van der Waals surface area (Å²) in [7, 11) is 2.96. The Hall–Kier alpha value is -5.44. The number of methoxy groups -OCH3 is 2. The number of ether oxygens (including phenoxy) is 2. The molecule has 2 aromatic carbocycles. The normalized spacial score (nSPS) is 16.0. The van der Waals surface area contributed by atoms with Crippen LogP contribution in [0.4, 0.5) is 13.2 Å². The van der Waals surface area contributed by atoms with Gasteiger partial charge in [-0.05, 0) is 30.7 Å². The topological polar surface area (TPSA) is 127 Å². The summed E-state index contributed by atoms with van der Waals surface area (Å²) >= 11 is 0. The average Bonchev–Trinajstić information content (AvgIpc) is 3.83. The maximum absolute atomic E-state index is 14.2. The number of H-pyrrole nitrogens is 1. The molecular formula is C33H31F3N8O4. The van der Waals surface area contributed by atoms with Crippen LogP contribution < -0.4 is 9.47 Å². The van der Waals surface area contributed by atoms with Crippen molar-refractivity contribution in [1.82, 2.24) is 39.5 Å². The summed E-state index contributed by atoms with van der Waals surface area (Å²) < 4.78 is 59.5. The molecular weight excluding hydrogens is 629 g/mol. The Morgan fingerprint density at radius 2 is 1.88 bits per heavy atom. The minimum Gasteiger partial charge on any atom is -0.497 e. The number of nitrogens with one attached hydrogen (secondary N) is 1. The molecule has 1 aliphatic rings. The lowest BCUT2D eigenvalue weighted by Gasteiger charge is -2.29. The molecule has 48 heavy (non-hydrogen) atoms. The number of amides is 1. The second-order valence-electron chi connectivity index (χ2n) is 11.5. The van der Waals surface area contributed by atoms with Crippen molar-refractivity contribution in [2.45, 2.75) is 31.7 Å². The number of hydrogen-bond donors (Lipinski definition) is 1. The molecule has 7 rings (SSSR count). The number of pyridine rings is 1. The zero-order chi connectivity index (χ0) is 33.4. The summed E-state index contributed by atoms with van der Waals surface area (Å²) in [6, 6.07) is 15.2. The van der Waals surface area contributed by atoms with E-state index in [9.17, 15) is 18.0 Å². The van der Waals surface area contributed by atoms with Crippen molar-refractivity contribution in [3.8, 4) is 22.9 Å². The van der Waals surface area contributed by atoms with Crippen LogP contribution in [0.1, 0.15) is 29.8 Å². The highest BCUT2D eigenvalue weighted by Gasteiger charge is 2.39. The van der Waals surface area contributed by atoms with Gasteiger partial charge in [0.1, 0.15) is 24.4 Å². The molecule has 1 saturated heterocycles. The number of para-hydroxylation sites is 1. The molecule has 1 unspecified atom stereocenters. The Morgan fingerprint density at radius 1 is 1.02 bits per heavy atom. The van der Waals surface area contributed by atoms with E-state index in [-0.39, 0.29) is 17.6 Å². The van der Waals surface area contributed by atoms with Crippen LogP contribution in [0.5, 0.6) is 11.6 Å². The van der Waals surface area contributed by atoms with Crippen molar-refractivity contribution in [2.24, 2.45) is 0 Å². The number of benzene rings is 2. The van der Waals surface area contributed by atoms with Crippen LogP contribution in [0, 0.1) is 0 Å². The third-order valence-electron chi connectivity index (χ3n) is 8.54. The molecule has 0 saturated carbocycles. The number of aromatic nitrogens is 6. The van der Waals surface area contributed by atoms with Crippen LogP contribution in [-0.2, 0) is 24.1 Å². The molecule has 0 bridgehead atoms. The molecule has 1 N–H and O–H groups in total. The molecule has 6 aromatic rings. The molecule has 0 radical (unpaired) electrons. The Labute approximate surface area is 272 Å². The van der Waals surface area contributed by atoms with E-state index < -0.39 is 30.5 Å². The number of hydrogen-bond acceptors (Lipinski definition) is 9. The number of carbonyl (C=O) groups is 1. The number of imidazole rings is 2. The van der Waals surface area contributed by atoms with Crippen molar-refractivity contribution >= 4 is 27.8 Å². The molecule has 1 atom stereocenters. The van der Waals surface area contributed by atoms with Crippen molar-refractivity contribution < 1.29 is 32.0 Å². The first-order valence-corrected chi connectivity index (χ1v) is 15.2. The zero-order valence-electron chi connectivity index (χ0n) is 26.1. The molecule has 1 amide bonds. The van der Waals surface area contributed by atoms with Gasteiger partial charge in [-0.15, -0.1) is 0 Å². The fraction of sp³-hybridized carbons (Fsp3) is 0.303. The van der Waals surface area contributed by atoms with Gasteiger partial charge in [0.05, 0.1) is 60.0 Å². The Balaban J connectivity index is 1.25. The largest absolute Gasteiger partial charge is 0.497 e. The van der Waals surface area contributed by atoms with Crippen molar-refractivity contribution in [3.63, 3.8) is 0 Å². The summed E-state index contributed by atoms with van der Waals surface area (Å²) in [6.07, 6.45) is -1.19. The van der Waals surface area contributed by atoms with E-state index in [0.717, 1.165) is 21.2 Å². The van der Waals surface area contributed by atoms with E-state index in [0.29, 0.717) is 54.8 Å². The quantitative estimate of drug-likeness (QED) is 0.226. The van der Waals surface area contributed by atoms with Crippen LogP contribution in [0.15, 0.2) is 71.6 Å². The van der Waals surface area contributed by atoms with Gasteiger partial charge in [0.15, 0.2) is 0 Å². The number of rotatable bonds is 8. The van der Waals surface area contributed by atoms with Gasteiger partial charge in [0.25, 0.3) is 0 Å². The smallest absolute Gasteiger partial charge is 0.449 e. The third-order valence-corrected chi connectivity index (χ3v) is 8.54. The van der Waals surface area contributed by atoms with E-state index in [1.54, 1.807) is 17.2 Å². The van der Waals surface area contributed by atoms with E-state index >= 15 is 0 Å². The molecule has 5 heterocycles. The minimum atomic E-state index is -4.79. The van der Waals surface area contributed by atoms with Gasteiger partial charge < -0.3 is 28.4 Å². The lowest BCUT2D eigenvalue weighted by Crippen LogP contribution is -2.39. The monoisotopic (exact) mass is 660 g/mol. The summed E-state index contributed by atoms with van der Waals surface area (Å²) in [4.78, 5) is 34.4. The van der Waals surface area contributed by atoms with E-state index in [4.69, 9.17) is 14.0 Å². The number of nitrogens with zero attached hydrogens (tertiary/aromatic N) is 7. The Bertz CT molecular complexity index is 2070. The second-order valence-corrected chi connectivity index (χ2v) is 11.5. The SMILES string of the molecule is COc1ccc2nc(C(F)(F)F)n(CC(=O)N3CCN(Cc4ccon4)CCC3c3ncc(-c4cc5ccccc5nc4OC)[nH]3)c2c1. The molecule has 1 fully saturated rings. The van der Waals surface area contributed by atoms with Crippen LogP contribution >= 0.6 is 0 Å². The van der Waals surface area contributed by atoms with Gasteiger partial charge in [0, 0.05) is 43.7 Å². The molecule has 248 valence electrons. The highest BCUT2D eigenvalue weighted by atomic mass is 19.4. The van der Waals surface area contributed by atoms with Crippen molar-refractivity contribution in [3.05, 3.63) is 84.4 Å². The van der Waals surface area contributed by atoms with Crippen molar-refractivity contribution in [1.29, 1.82) is 0 Å². The van der Waals surface area contributed by atoms with Gasteiger partial charge >= 0.3 is 6.18 Å². The Kier molecular flexibility index (Phi) is 8.21. The molecule has 1 aliphatic heterocycles. The first kappa shape index (κ1) is 31.2. The van der Waals surface area contributed by atoms with Crippen LogP contribution in [0.3, 0.4) is 0 Å². The second kappa shape index (κ2) is 12.6. The van der Waals surface area contributed by atoms with Gasteiger partial charge in [-0.1, -0.05) is 23.4 Å². The first-order valence-electron chi connectivity index (χ1n) is 15.2. The lowest BCUT2D eigenvalue weighted by atomic mass is 10.1. The van der Waals surface area contributed by atoms with Crippen LogP contribution in [-0.4, -0.2) is 79.2 Å². The van der Waals surface area contributed by atoms with Gasteiger partial charge in [-0.3, -0.25) is 9.69 Å². The number of fused-ring (bicyclic) bond motifs is 2. The summed E-state index contributed by atoms with van der Waals surface area (Å²) in [5.74, 6) is -0.431. The number of carbonyl (C=O) groups excluding carboxylic acids is 1. The number of aromatic amines is 1. The van der Waals surface area contributed by atoms with Crippen LogP contribution in [0.25, 0.3) is 33.2 Å². The summed E-state index contributed by atoms with van der Waals surface area (Å²) in [6.45, 7) is 1.15. The van der Waals surface area contributed by atoms with Gasteiger partial charge in [-0.25, -0.2) is 15.0 Å². The summed E-state index contributed by atoms with van der Waals surface area (Å²) in [5, 5.41) is 4.92. The number of halogens is 3. The average molecular weight is 661 g/mol. The van der Waals surface area contributed by atoms with Gasteiger partial charge in [0.2, 0.25) is 17.6 Å². The fourth-order valence-electron chi connectivity index (χ4n) is 6.19. The van der Waals surface area contributed by atoms with E-state index in [2.05, 4.69) is 30.0 Å². The lowest BCUT2D eigenvalue weighted by molar-refractivity contribution is -0.148. The highest BCUT2D eigenvalue weighted by Crippen LogP contribution is 2.35. The molecule has 12 nitrogen and oxygen atoms in total. The van der Waals surface area contributed by atoms with E-state index in [1.165, 1.54) is 38.7 Å². The predicted molar refractivity (Wildman–Crippen MR) is 168 cm³/mol. The van der Waals surface area contributed by atoms with Gasteiger partial charge in [-0.2, -0.15) is 13.2 Å². The first-order chi connectivity index (χ1) is 23.2. The third kappa shape index (κ3) is 6.03. The maximum atomic E-state index is 14.2. The standard InChI is InChI=1S/C33H31F3N8O4/c1-46-22-7-8-25-28(16-22)44(32(40-25)33(34,35)36)19-29(45)43-13-12-42(18-21-10-14-48-41-21)11-9-27(43)30-37-17-26(38-30)23-15-20-5-3-4-6-24(20)39-31(23)47-2/h3-8,10,14-17,27H,9,11-13,18-19H2,1-2H3,(H,37,38). The number of alkyl halides is 3. The zero-order valence-corrected chi connectivity index (χ0v) is 26.1. The molecule has 15 heteroatoms. The fourth-order valence-corrected chi connectivity index (χ4v) is 6.19. The van der Waals surface area contributed by atoms with Crippen LogP contribution in [0.2, 0.25) is 0 Å².